The van der Waals surface area contributed by atoms with Gasteiger partial charge in [-0.25, -0.2) is 0 Å². The standard InChI is InChI=1S/C13H20O3/c1-2-12(14)10-6-4-3-5-7-11(9-8-10)13(15)16/h2,10-11H,1,3-9H2,(H,15,16). The molecule has 0 heterocycles. The van der Waals surface area contributed by atoms with Crippen LogP contribution in [0.3, 0.4) is 0 Å². The topological polar surface area (TPSA) is 54.4 Å². The lowest BCUT2D eigenvalue weighted by Gasteiger charge is -2.14. The summed E-state index contributed by atoms with van der Waals surface area (Å²) in [6, 6.07) is 0. The van der Waals surface area contributed by atoms with Crippen LogP contribution in [0, 0.1) is 11.8 Å². The molecule has 0 aliphatic heterocycles. The number of rotatable bonds is 3. The number of hydrogen-bond donors (Lipinski definition) is 1. The highest BCUT2D eigenvalue weighted by atomic mass is 16.4. The Morgan fingerprint density at radius 2 is 1.56 bits per heavy atom. The smallest absolute Gasteiger partial charge is 0.306 e. The predicted molar refractivity (Wildman–Crippen MR) is 62.1 cm³/mol. The van der Waals surface area contributed by atoms with Crippen molar-refractivity contribution < 1.29 is 14.7 Å². The zero-order chi connectivity index (χ0) is 12.0. The number of carboxylic acids is 1. The zero-order valence-corrected chi connectivity index (χ0v) is 9.65. The maximum atomic E-state index is 11.6. The first kappa shape index (κ1) is 12.9. The molecule has 0 spiro atoms. The molecule has 3 heteroatoms. The molecule has 2 atom stereocenters. The van der Waals surface area contributed by atoms with Crippen molar-refractivity contribution in [3.63, 3.8) is 0 Å². The molecular formula is C13H20O3. The monoisotopic (exact) mass is 224 g/mol. The van der Waals surface area contributed by atoms with Gasteiger partial charge in [-0.15, -0.1) is 0 Å². The molecule has 2 unspecified atom stereocenters. The molecule has 3 nitrogen and oxygen atoms in total. The lowest BCUT2D eigenvalue weighted by Crippen LogP contribution is -2.17. The number of carbonyl (C=O) groups excluding carboxylic acids is 1. The maximum absolute atomic E-state index is 11.6. The Morgan fingerprint density at radius 1 is 1.00 bits per heavy atom. The Bertz CT molecular complexity index is 270. The molecule has 0 bridgehead atoms. The highest BCUT2D eigenvalue weighted by molar-refractivity contribution is 5.91. The second-order valence-electron chi connectivity index (χ2n) is 4.55. The molecule has 1 fully saturated rings. The third-order valence-corrected chi connectivity index (χ3v) is 3.42. The fraction of sp³-hybridized carbons (Fsp3) is 0.692. The van der Waals surface area contributed by atoms with Crippen molar-refractivity contribution in [1.82, 2.24) is 0 Å². The highest BCUT2D eigenvalue weighted by Gasteiger charge is 2.23. The van der Waals surface area contributed by atoms with Crippen LogP contribution in [0.15, 0.2) is 12.7 Å². The highest BCUT2D eigenvalue weighted by Crippen LogP contribution is 2.26. The van der Waals surface area contributed by atoms with Crippen LogP contribution >= 0.6 is 0 Å². The van der Waals surface area contributed by atoms with Gasteiger partial charge in [0.05, 0.1) is 5.92 Å². The lowest BCUT2D eigenvalue weighted by molar-refractivity contribution is -0.142. The number of allylic oxidation sites excluding steroid dienone is 1. The van der Waals surface area contributed by atoms with Crippen molar-refractivity contribution in [2.45, 2.75) is 44.9 Å². The van der Waals surface area contributed by atoms with Gasteiger partial charge in [0, 0.05) is 5.92 Å². The number of carboxylic acid groups (broad SMARTS) is 1. The van der Waals surface area contributed by atoms with Crippen molar-refractivity contribution in [1.29, 1.82) is 0 Å². The van der Waals surface area contributed by atoms with E-state index in [2.05, 4.69) is 6.58 Å². The van der Waals surface area contributed by atoms with Crippen LogP contribution in [-0.4, -0.2) is 16.9 Å². The van der Waals surface area contributed by atoms with Gasteiger partial charge in [-0.2, -0.15) is 0 Å². The summed E-state index contributed by atoms with van der Waals surface area (Å²) in [7, 11) is 0. The maximum Gasteiger partial charge on any atom is 0.306 e. The third kappa shape index (κ3) is 3.80. The molecule has 1 N–H and O–H groups in total. The summed E-state index contributed by atoms with van der Waals surface area (Å²) in [5, 5.41) is 9.02. The van der Waals surface area contributed by atoms with Crippen LogP contribution in [-0.2, 0) is 9.59 Å². The summed E-state index contributed by atoms with van der Waals surface area (Å²) < 4.78 is 0. The first-order chi connectivity index (χ1) is 7.65. The molecule has 0 aromatic carbocycles. The van der Waals surface area contributed by atoms with Crippen LogP contribution < -0.4 is 0 Å². The summed E-state index contributed by atoms with van der Waals surface area (Å²) in [6.45, 7) is 3.50. The first-order valence-electron chi connectivity index (χ1n) is 6.04. The molecule has 90 valence electrons. The molecule has 0 amide bonds. The number of hydrogen-bond acceptors (Lipinski definition) is 2. The molecule has 0 aromatic heterocycles. The van der Waals surface area contributed by atoms with Gasteiger partial charge in [0.2, 0.25) is 0 Å². The Labute approximate surface area is 96.5 Å². The van der Waals surface area contributed by atoms with E-state index in [1.54, 1.807) is 0 Å². The van der Waals surface area contributed by atoms with Crippen molar-refractivity contribution >= 4 is 11.8 Å². The Hall–Kier alpha value is -1.12. The Morgan fingerprint density at radius 3 is 2.12 bits per heavy atom. The minimum atomic E-state index is -0.716. The molecule has 1 saturated carbocycles. The second-order valence-corrected chi connectivity index (χ2v) is 4.55. The van der Waals surface area contributed by atoms with Gasteiger partial charge >= 0.3 is 5.97 Å². The molecule has 1 aliphatic rings. The van der Waals surface area contributed by atoms with Crippen molar-refractivity contribution in [3.8, 4) is 0 Å². The quantitative estimate of drug-likeness (QED) is 0.750. The van der Waals surface area contributed by atoms with Crippen LogP contribution in [0.5, 0.6) is 0 Å². The number of aliphatic carboxylic acids is 1. The molecule has 0 aromatic rings. The molecule has 0 radical (unpaired) electrons. The molecule has 1 aliphatic carbocycles. The largest absolute Gasteiger partial charge is 0.481 e. The van der Waals surface area contributed by atoms with Gasteiger partial charge in [0.1, 0.15) is 0 Å². The van der Waals surface area contributed by atoms with Crippen molar-refractivity contribution in [3.05, 3.63) is 12.7 Å². The van der Waals surface area contributed by atoms with E-state index in [4.69, 9.17) is 5.11 Å². The summed E-state index contributed by atoms with van der Waals surface area (Å²) in [5.41, 5.74) is 0. The van der Waals surface area contributed by atoms with E-state index in [1.165, 1.54) is 6.08 Å². The first-order valence-corrected chi connectivity index (χ1v) is 6.04. The van der Waals surface area contributed by atoms with Crippen LogP contribution in [0.2, 0.25) is 0 Å². The van der Waals surface area contributed by atoms with Gasteiger partial charge in [-0.3, -0.25) is 9.59 Å². The van der Waals surface area contributed by atoms with Gasteiger partial charge in [-0.1, -0.05) is 25.8 Å². The van der Waals surface area contributed by atoms with Gasteiger partial charge < -0.3 is 5.11 Å². The average Bonchev–Trinajstić information content (AvgIpc) is 2.39. The summed E-state index contributed by atoms with van der Waals surface area (Å²) in [6.07, 6.45) is 7.36. The third-order valence-electron chi connectivity index (χ3n) is 3.42. The summed E-state index contributed by atoms with van der Waals surface area (Å²) in [4.78, 5) is 22.5. The van der Waals surface area contributed by atoms with Crippen LogP contribution in [0.25, 0.3) is 0 Å². The van der Waals surface area contributed by atoms with E-state index < -0.39 is 5.97 Å². The van der Waals surface area contributed by atoms with E-state index >= 15 is 0 Å². The van der Waals surface area contributed by atoms with E-state index in [0.29, 0.717) is 12.8 Å². The lowest BCUT2D eigenvalue weighted by atomic mass is 9.90. The summed E-state index contributed by atoms with van der Waals surface area (Å²) in [5.74, 6) is -0.909. The Kier molecular flexibility index (Phi) is 5.23. The average molecular weight is 224 g/mol. The minimum absolute atomic E-state index is 0.00236. The molecule has 1 rings (SSSR count). The fourth-order valence-electron chi connectivity index (χ4n) is 2.35. The van der Waals surface area contributed by atoms with Crippen molar-refractivity contribution in [2.75, 3.05) is 0 Å². The van der Waals surface area contributed by atoms with Gasteiger partial charge in [0.25, 0.3) is 0 Å². The van der Waals surface area contributed by atoms with E-state index in [1.807, 2.05) is 0 Å². The number of ketones is 1. The van der Waals surface area contributed by atoms with Gasteiger partial charge in [0.15, 0.2) is 5.78 Å². The van der Waals surface area contributed by atoms with E-state index in [9.17, 15) is 9.59 Å². The van der Waals surface area contributed by atoms with Crippen LogP contribution in [0.1, 0.15) is 44.9 Å². The van der Waals surface area contributed by atoms with Gasteiger partial charge in [-0.05, 0) is 31.8 Å². The normalized spacial score (nSPS) is 27.2. The zero-order valence-electron chi connectivity index (χ0n) is 9.65. The fourth-order valence-corrected chi connectivity index (χ4v) is 2.35. The van der Waals surface area contributed by atoms with E-state index in [0.717, 1.165) is 32.1 Å². The number of carbonyl (C=O) groups is 2. The Balaban J connectivity index is 2.59. The van der Waals surface area contributed by atoms with Crippen molar-refractivity contribution in [2.24, 2.45) is 11.8 Å². The second kappa shape index (κ2) is 6.46. The van der Waals surface area contributed by atoms with E-state index in [-0.39, 0.29) is 17.6 Å². The summed E-state index contributed by atoms with van der Waals surface area (Å²) >= 11 is 0. The molecular weight excluding hydrogens is 204 g/mol. The van der Waals surface area contributed by atoms with Crippen LogP contribution in [0.4, 0.5) is 0 Å². The predicted octanol–water partition coefficient (Wildman–Crippen LogP) is 2.80. The minimum Gasteiger partial charge on any atom is -0.481 e. The SMILES string of the molecule is C=CC(=O)C1CCCCCC(C(=O)O)CC1. The molecule has 16 heavy (non-hydrogen) atoms. The molecule has 0 saturated heterocycles.